The summed E-state index contributed by atoms with van der Waals surface area (Å²) in [7, 11) is 3.13. The Balaban J connectivity index is 1.75. The van der Waals surface area contributed by atoms with Gasteiger partial charge in [0.25, 0.3) is 0 Å². The third-order valence-electron chi connectivity index (χ3n) is 4.88. The molecule has 0 N–H and O–H groups in total. The lowest BCUT2D eigenvalue weighted by Crippen LogP contribution is -2.50. The number of hydrogen-bond donors (Lipinski definition) is 0. The van der Waals surface area contributed by atoms with E-state index in [4.69, 9.17) is 14.2 Å². The first-order valence-corrected chi connectivity index (χ1v) is 8.89. The molecule has 1 aromatic carbocycles. The topological polar surface area (TPSA) is 68.3 Å². The van der Waals surface area contributed by atoms with Crippen molar-refractivity contribution in [2.24, 2.45) is 5.92 Å². The Morgan fingerprint density at radius 3 is 2.42 bits per heavy atom. The highest BCUT2D eigenvalue weighted by molar-refractivity contribution is 6.01. The lowest BCUT2D eigenvalue weighted by molar-refractivity contribution is -0.147. The minimum Gasteiger partial charge on any atom is -0.497 e. The van der Waals surface area contributed by atoms with Crippen LogP contribution in [0, 0.1) is 5.92 Å². The number of methoxy groups -OCH3 is 2. The zero-order chi connectivity index (χ0) is 18.8. The Morgan fingerprint density at radius 2 is 1.81 bits per heavy atom. The van der Waals surface area contributed by atoms with Gasteiger partial charge in [-0.15, -0.1) is 0 Å². The number of rotatable bonds is 4. The molecule has 2 aliphatic heterocycles. The number of carbonyl (C=O) groups excluding carboxylic acids is 2. The fourth-order valence-corrected chi connectivity index (χ4v) is 3.73. The second-order valence-corrected chi connectivity index (χ2v) is 6.94. The number of hydrogen-bond acceptors (Lipinski definition) is 5. The van der Waals surface area contributed by atoms with Gasteiger partial charge >= 0.3 is 0 Å². The number of ether oxygens (including phenoxy) is 3. The van der Waals surface area contributed by atoms with Crippen LogP contribution in [0.2, 0.25) is 0 Å². The number of anilines is 1. The Morgan fingerprint density at radius 1 is 1.12 bits per heavy atom. The standard InChI is InChI=1S/C19H26N2O5/c1-12-9-20(10-13(2)26-12)19(23)14-7-18(22)21(11-14)16-6-5-15(24-3)8-17(16)25-4/h5-6,8,12-14H,7,9-11H2,1-4H3/t12-,13-,14-/m1/s1. The molecular formula is C19H26N2O5. The van der Waals surface area contributed by atoms with E-state index in [1.807, 2.05) is 18.7 Å². The van der Waals surface area contributed by atoms with Crippen molar-refractivity contribution in [3.63, 3.8) is 0 Å². The van der Waals surface area contributed by atoms with Gasteiger partial charge in [0.1, 0.15) is 11.5 Å². The molecule has 0 radical (unpaired) electrons. The third-order valence-corrected chi connectivity index (χ3v) is 4.88. The molecule has 2 amide bonds. The van der Waals surface area contributed by atoms with Gasteiger partial charge in [-0.1, -0.05) is 0 Å². The van der Waals surface area contributed by atoms with Crippen molar-refractivity contribution in [2.75, 3.05) is 38.8 Å². The van der Waals surface area contributed by atoms with Crippen LogP contribution >= 0.6 is 0 Å². The molecule has 7 nitrogen and oxygen atoms in total. The minimum atomic E-state index is -0.341. The van der Waals surface area contributed by atoms with E-state index < -0.39 is 0 Å². The summed E-state index contributed by atoms with van der Waals surface area (Å²) in [6, 6.07) is 5.32. The molecule has 0 unspecified atom stereocenters. The maximum atomic E-state index is 12.9. The van der Waals surface area contributed by atoms with Gasteiger partial charge in [-0.2, -0.15) is 0 Å². The van der Waals surface area contributed by atoms with Crippen molar-refractivity contribution in [2.45, 2.75) is 32.5 Å². The monoisotopic (exact) mass is 362 g/mol. The lowest BCUT2D eigenvalue weighted by Gasteiger charge is -2.36. The van der Waals surface area contributed by atoms with E-state index in [1.165, 1.54) is 0 Å². The Labute approximate surface area is 153 Å². The second kappa shape index (κ2) is 7.53. The molecule has 3 atom stereocenters. The van der Waals surface area contributed by atoms with Gasteiger partial charge in [-0.25, -0.2) is 0 Å². The van der Waals surface area contributed by atoms with Crippen molar-refractivity contribution < 1.29 is 23.8 Å². The van der Waals surface area contributed by atoms with Gasteiger partial charge in [-0.3, -0.25) is 9.59 Å². The second-order valence-electron chi connectivity index (χ2n) is 6.94. The van der Waals surface area contributed by atoms with E-state index in [-0.39, 0.29) is 36.4 Å². The highest BCUT2D eigenvalue weighted by atomic mass is 16.5. The quantitative estimate of drug-likeness (QED) is 0.815. The van der Waals surface area contributed by atoms with E-state index in [0.29, 0.717) is 36.8 Å². The fraction of sp³-hybridized carbons (Fsp3) is 0.579. The van der Waals surface area contributed by atoms with Crippen LogP contribution in [0.25, 0.3) is 0 Å². The van der Waals surface area contributed by atoms with Gasteiger partial charge in [0.2, 0.25) is 11.8 Å². The molecule has 2 heterocycles. The fourth-order valence-electron chi connectivity index (χ4n) is 3.73. The summed E-state index contributed by atoms with van der Waals surface area (Å²) in [5.41, 5.74) is 0.664. The van der Waals surface area contributed by atoms with Crippen LogP contribution in [-0.2, 0) is 14.3 Å². The highest BCUT2D eigenvalue weighted by Gasteiger charge is 2.39. The van der Waals surface area contributed by atoms with E-state index >= 15 is 0 Å². The molecule has 142 valence electrons. The predicted octanol–water partition coefficient (Wildman–Crippen LogP) is 1.69. The van der Waals surface area contributed by atoms with Crippen LogP contribution in [0.4, 0.5) is 5.69 Å². The molecule has 3 rings (SSSR count). The Hall–Kier alpha value is -2.28. The molecule has 7 heteroatoms. The molecule has 26 heavy (non-hydrogen) atoms. The first kappa shape index (κ1) is 18.5. The maximum Gasteiger partial charge on any atom is 0.228 e. The van der Waals surface area contributed by atoms with Crippen molar-refractivity contribution in [3.8, 4) is 11.5 Å². The van der Waals surface area contributed by atoms with Gasteiger partial charge in [0.05, 0.1) is 38.0 Å². The first-order valence-electron chi connectivity index (χ1n) is 8.89. The summed E-state index contributed by atoms with van der Waals surface area (Å²) in [6.45, 7) is 5.43. The molecule has 0 saturated carbocycles. The molecule has 0 aromatic heterocycles. The summed E-state index contributed by atoms with van der Waals surface area (Å²) in [5, 5.41) is 0. The SMILES string of the molecule is COc1ccc(N2C[C@H](C(=O)N3C[C@@H](C)O[C@H](C)C3)CC2=O)c(OC)c1. The van der Waals surface area contributed by atoms with Crippen LogP contribution < -0.4 is 14.4 Å². The van der Waals surface area contributed by atoms with E-state index in [1.54, 1.807) is 37.3 Å². The molecule has 1 aromatic rings. The first-order chi connectivity index (χ1) is 12.4. The maximum absolute atomic E-state index is 12.9. The van der Waals surface area contributed by atoms with Crippen LogP contribution in [0.5, 0.6) is 11.5 Å². The van der Waals surface area contributed by atoms with Crippen LogP contribution in [-0.4, -0.2) is 62.8 Å². The summed E-state index contributed by atoms with van der Waals surface area (Å²) in [6.07, 6.45) is 0.240. The van der Waals surface area contributed by atoms with Crippen molar-refractivity contribution in [1.82, 2.24) is 4.90 Å². The number of nitrogens with zero attached hydrogens (tertiary/aromatic N) is 2. The largest absolute Gasteiger partial charge is 0.497 e. The van der Waals surface area contributed by atoms with E-state index in [9.17, 15) is 9.59 Å². The van der Waals surface area contributed by atoms with Gasteiger partial charge in [0, 0.05) is 32.1 Å². The minimum absolute atomic E-state index is 0.0117. The number of morpholine rings is 1. The predicted molar refractivity (Wildman–Crippen MR) is 96.6 cm³/mol. The smallest absolute Gasteiger partial charge is 0.228 e. The van der Waals surface area contributed by atoms with Crippen LogP contribution in [0.1, 0.15) is 20.3 Å². The Kier molecular flexibility index (Phi) is 5.36. The molecular weight excluding hydrogens is 336 g/mol. The average molecular weight is 362 g/mol. The molecule has 0 aliphatic carbocycles. The van der Waals surface area contributed by atoms with Crippen molar-refractivity contribution in [3.05, 3.63) is 18.2 Å². The number of benzene rings is 1. The Bertz CT molecular complexity index is 683. The van der Waals surface area contributed by atoms with Gasteiger partial charge in [-0.05, 0) is 26.0 Å². The van der Waals surface area contributed by atoms with Crippen LogP contribution in [0.15, 0.2) is 18.2 Å². The number of amides is 2. The average Bonchev–Trinajstić information content (AvgIpc) is 3.01. The lowest BCUT2D eigenvalue weighted by atomic mass is 10.1. The normalized spacial score (nSPS) is 26.2. The summed E-state index contributed by atoms with van der Waals surface area (Å²) in [5.74, 6) is 0.823. The van der Waals surface area contributed by atoms with E-state index in [0.717, 1.165) is 0 Å². The van der Waals surface area contributed by atoms with Gasteiger partial charge in [0.15, 0.2) is 0 Å². The highest BCUT2D eigenvalue weighted by Crippen LogP contribution is 2.36. The van der Waals surface area contributed by atoms with Crippen molar-refractivity contribution in [1.29, 1.82) is 0 Å². The van der Waals surface area contributed by atoms with Gasteiger partial charge < -0.3 is 24.0 Å². The zero-order valence-electron chi connectivity index (χ0n) is 15.7. The molecule has 2 fully saturated rings. The molecule has 0 bridgehead atoms. The number of carbonyl (C=O) groups is 2. The van der Waals surface area contributed by atoms with Crippen molar-refractivity contribution >= 4 is 17.5 Å². The summed E-state index contributed by atoms with van der Waals surface area (Å²) >= 11 is 0. The van der Waals surface area contributed by atoms with Crippen LogP contribution in [0.3, 0.4) is 0 Å². The summed E-state index contributed by atoms with van der Waals surface area (Å²) in [4.78, 5) is 28.9. The molecule has 0 spiro atoms. The zero-order valence-corrected chi connectivity index (χ0v) is 15.7. The van der Waals surface area contributed by atoms with E-state index in [2.05, 4.69) is 0 Å². The third kappa shape index (κ3) is 3.62. The molecule has 2 saturated heterocycles. The molecule has 2 aliphatic rings. The summed E-state index contributed by atoms with van der Waals surface area (Å²) < 4.78 is 16.3.